The molecular weight excluding hydrogens is 453 g/mol. The van der Waals surface area contributed by atoms with Gasteiger partial charge in [-0.15, -0.1) is 0 Å². The number of ketones is 1. The number of carbonyl (C=O) groups excluding carboxylic acids is 2. The zero-order valence-electron chi connectivity index (χ0n) is 17.6. The summed E-state index contributed by atoms with van der Waals surface area (Å²) in [6.07, 6.45) is -1.03. The molecule has 0 aliphatic heterocycles. The minimum Gasteiger partial charge on any atom is -0.479 e. The highest BCUT2D eigenvalue weighted by atomic mass is 35.5. The zero-order chi connectivity index (χ0) is 24.7. The Bertz CT molecular complexity index is 1100. The van der Waals surface area contributed by atoms with E-state index in [1.54, 1.807) is 24.3 Å². The molecule has 0 aromatic heterocycles. The van der Waals surface area contributed by atoms with Crippen LogP contribution in [0.5, 0.6) is 0 Å². The van der Waals surface area contributed by atoms with Gasteiger partial charge in [-0.1, -0.05) is 35.9 Å². The first-order valence-electron chi connectivity index (χ1n) is 9.80. The maximum absolute atomic E-state index is 14.1. The topological polar surface area (TPSA) is 154 Å². The number of nitrogens with two attached hydrogens (primary N) is 1. The first kappa shape index (κ1) is 25.7. The molecule has 0 saturated heterocycles. The van der Waals surface area contributed by atoms with Crippen LogP contribution >= 0.6 is 11.6 Å². The highest BCUT2D eigenvalue weighted by Crippen LogP contribution is 2.26. The second-order valence-corrected chi connectivity index (χ2v) is 7.79. The number of aliphatic hydroxyl groups is 1. The van der Waals surface area contributed by atoms with Crippen molar-refractivity contribution in [1.29, 1.82) is 5.41 Å². The van der Waals surface area contributed by atoms with E-state index < -0.39 is 47.0 Å². The fourth-order valence-electron chi connectivity index (χ4n) is 2.98. The Morgan fingerprint density at radius 1 is 1.21 bits per heavy atom. The summed E-state index contributed by atoms with van der Waals surface area (Å²) in [5.74, 6) is -3.30. The maximum atomic E-state index is 14.1. The van der Waals surface area contributed by atoms with Crippen molar-refractivity contribution in [3.63, 3.8) is 0 Å². The van der Waals surface area contributed by atoms with E-state index in [-0.39, 0.29) is 12.8 Å². The molecule has 174 valence electrons. The van der Waals surface area contributed by atoms with E-state index in [2.05, 4.69) is 5.32 Å². The molecule has 0 radical (unpaired) electrons. The monoisotopic (exact) mass is 475 g/mol. The lowest BCUT2D eigenvalue weighted by atomic mass is 9.97. The van der Waals surface area contributed by atoms with Gasteiger partial charge in [0.05, 0.1) is 11.4 Å². The van der Waals surface area contributed by atoms with Crippen molar-refractivity contribution >= 4 is 35.0 Å². The normalized spacial score (nSPS) is 13.2. The number of carboxylic acids is 1. The van der Waals surface area contributed by atoms with Gasteiger partial charge in [0.2, 0.25) is 0 Å². The van der Waals surface area contributed by atoms with Crippen LogP contribution in [0.1, 0.15) is 18.9 Å². The SMILES string of the molecule is CC(=O)C(=N)C=C(N)C(=O)N[C@H](Cc1ccc(-c2cc(Cl)ccc2F)cc1)C[C@@H](O)C(=O)O. The van der Waals surface area contributed by atoms with E-state index in [9.17, 15) is 23.9 Å². The lowest BCUT2D eigenvalue weighted by Gasteiger charge is -2.21. The molecule has 0 heterocycles. The predicted molar refractivity (Wildman–Crippen MR) is 121 cm³/mol. The Morgan fingerprint density at radius 2 is 1.85 bits per heavy atom. The Kier molecular flexibility index (Phi) is 8.84. The predicted octanol–water partition coefficient (Wildman–Crippen LogP) is 2.46. The number of benzene rings is 2. The molecule has 0 bridgehead atoms. The number of Topliss-reactive ketones (excluding diaryl/α,β-unsaturated/α-hetero) is 1. The van der Waals surface area contributed by atoms with Crippen LogP contribution in [0.4, 0.5) is 4.39 Å². The molecule has 2 aromatic carbocycles. The number of hydrogen-bond acceptors (Lipinski definition) is 6. The van der Waals surface area contributed by atoms with Gasteiger partial charge < -0.3 is 21.3 Å². The van der Waals surface area contributed by atoms with Crippen molar-refractivity contribution < 1.29 is 29.0 Å². The largest absolute Gasteiger partial charge is 0.479 e. The van der Waals surface area contributed by atoms with Crippen molar-refractivity contribution in [1.82, 2.24) is 5.32 Å². The molecule has 0 aliphatic carbocycles. The summed E-state index contributed by atoms with van der Waals surface area (Å²) in [7, 11) is 0. The van der Waals surface area contributed by atoms with E-state index in [1.165, 1.54) is 18.2 Å². The van der Waals surface area contributed by atoms with Crippen molar-refractivity contribution in [2.45, 2.75) is 31.9 Å². The summed E-state index contributed by atoms with van der Waals surface area (Å²) in [6.45, 7) is 1.15. The number of aliphatic carboxylic acids is 1. The summed E-state index contributed by atoms with van der Waals surface area (Å²) in [6, 6.07) is 10.0. The Morgan fingerprint density at radius 3 is 2.42 bits per heavy atom. The van der Waals surface area contributed by atoms with Crippen LogP contribution in [0.25, 0.3) is 11.1 Å². The number of allylic oxidation sites excluding steroid dienone is 1. The fourth-order valence-corrected chi connectivity index (χ4v) is 3.15. The van der Waals surface area contributed by atoms with Gasteiger partial charge >= 0.3 is 5.97 Å². The van der Waals surface area contributed by atoms with E-state index >= 15 is 0 Å². The molecule has 0 saturated carbocycles. The van der Waals surface area contributed by atoms with Crippen molar-refractivity contribution in [2.24, 2.45) is 5.73 Å². The number of halogens is 2. The van der Waals surface area contributed by atoms with E-state index in [4.69, 9.17) is 27.9 Å². The first-order chi connectivity index (χ1) is 15.5. The van der Waals surface area contributed by atoms with Gasteiger partial charge in [0.15, 0.2) is 11.9 Å². The third kappa shape index (κ3) is 7.51. The summed E-state index contributed by atoms with van der Waals surface area (Å²) >= 11 is 5.94. The highest BCUT2D eigenvalue weighted by Gasteiger charge is 2.23. The number of aliphatic hydroxyl groups excluding tert-OH is 1. The fraction of sp³-hybridized carbons (Fsp3) is 0.217. The van der Waals surface area contributed by atoms with Crippen molar-refractivity contribution in [3.8, 4) is 11.1 Å². The van der Waals surface area contributed by atoms with E-state index in [0.29, 0.717) is 21.7 Å². The van der Waals surface area contributed by atoms with E-state index in [0.717, 1.165) is 13.0 Å². The molecule has 1 amide bonds. The first-order valence-corrected chi connectivity index (χ1v) is 10.2. The minimum atomic E-state index is -1.74. The lowest BCUT2D eigenvalue weighted by molar-refractivity contribution is -0.147. The van der Waals surface area contributed by atoms with Gasteiger partial charge in [0.1, 0.15) is 5.82 Å². The van der Waals surface area contributed by atoms with Crippen molar-refractivity contribution in [3.05, 3.63) is 70.6 Å². The van der Waals surface area contributed by atoms with Crippen LogP contribution in [0.3, 0.4) is 0 Å². The Balaban J connectivity index is 2.21. The molecule has 2 rings (SSSR count). The standard InChI is InChI=1S/C23H23ClFN3O5/c1-12(29)19(26)11-20(27)22(31)28-16(10-21(30)23(32)33)8-13-2-4-14(5-3-13)17-9-15(24)6-7-18(17)25/h2-7,9,11,16,21,26,30H,8,10,27H2,1H3,(H,28,31)(H,32,33)/t16-,21-/m1/s1. The smallest absolute Gasteiger partial charge is 0.332 e. The Hall–Kier alpha value is -3.56. The molecule has 2 atom stereocenters. The van der Waals surface area contributed by atoms with Crippen LogP contribution in [0.2, 0.25) is 5.02 Å². The summed E-state index contributed by atoms with van der Waals surface area (Å²) in [5, 5.41) is 29.2. The van der Waals surface area contributed by atoms with Crippen molar-refractivity contribution in [2.75, 3.05) is 0 Å². The summed E-state index contributed by atoms with van der Waals surface area (Å²) in [5.41, 5.74) is 6.31. The zero-order valence-corrected chi connectivity index (χ0v) is 18.4. The van der Waals surface area contributed by atoms with Gasteiger partial charge in [-0.25, -0.2) is 9.18 Å². The lowest BCUT2D eigenvalue weighted by Crippen LogP contribution is -2.42. The third-order valence-electron chi connectivity index (χ3n) is 4.74. The van der Waals surface area contributed by atoms with Crippen LogP contribution in [-0.2, 0) is 20.8 Å². The average Bonchev–Trinajstić information content (AvgIpc) is 2.75. The highest BCUT2D eigenvalue weighted by molar-refractivity contribution is 6.42. The summed E-state index contributed by atoms with van der Waals surface area (Å²) in [4.78, 5) is 34.6. The second kappa shape index (κ2) is 11.3. The van der Waals surface area contributed by atoms with E-state index in [1.807, 2.05) is 0 Å². The van der Waals surface area contributed by atoms with Crippen LogP contribution < -0.4 is 11.1 Å². The summed E-state index contributed by atoms with van der Waals surface area (Å²) < 4.78 is 14.1. The van der Waals surface area contributed by atoms with Gasteiger partial charge in [-0.3, -0.25) is 15.0 Å². The molecule has 8 nitrogen and oxygen atoms in total. The molecule has 0 aliphatic rings. The van der Waals surface area contributed by atoms with Gasteiger partial charge in [-0.2, -0.15) is 0 Å². The minimum absolute atomic E-state index is 0.131. The maximum Gasteiger partial charge on any atom is 0.332 e. The molecule has 2 aromatic rings. The molecule has 0 unspecified atom stereocenters. The number of carbonyl (C=O) groups is 3. The van der Waals surface area contributed by atoms with Crippen LogP contribution in [0, 0.1) is 11.2 Å². The van der Waals surface area contributed by atoms with Gasteiger partial charge in [-0.05, 0) is 41.8 Å². The molecule has 0 spiro atoms. The molecule has 33 heavy (non-hydrogen) atoms. The average molecular weight is 476 g/mol. The molecule has 10 heteroatoms. The number of rotatable bonds is 10. The quantitative estimate of drug-likeness (QED) is 0.263. The number of carboxylic acid groups (broad SMARTS) is 1. The van der Waals surface area contributed by atoms with Crippen LogP contribution in [-0.4, -0.2) is 45.7 Å². The second-order valence-electron chi connectivity index (χ2n) is 7.35. The number of hydrogen-bond donors (Lipinski definition) is 5. The Labute approximate surface area is 194 Å². The number of nitrogens with one attached hydrogen (secondary N) is 2. The molecule has 0 fully saturated rings. The third-order valence-corrected chi connectivity index (χ3v) is 4.98. The van der Waals surface area contributed by atoms with Gasteiger partial charge in [0, 0.05) is 30.0 Å². The molecular formula is C23H23ClFN3O5. The molecule has 6 N–H and O–H groups in total. The van der Waals surface area contributed by atoms with Gasteiger partial charge in [0.25, 0.3) is 5.91 Å². The number of amides is 1. The van der Waals surface area contributed by atoms with Crippen LogP contribution in [0.15, 0.2) is 54.2 Å².